The van der Waals surface area contributed by atoms with E-state index in [1.807, 2.05) is 0 Å². The second-order valence-electron chi connectivity index (χ2n) is 5.09. The molecule has 1 aromatic rings. The summed E-state index contributed by atoms with van der Waals surface area (Å²) >= 11 is 5.74. The van der Waals surface area contributed by atoms with E-state index in [0.717, 1.165) is 25.3 Å². The Kier molecular flexibility index (Phi) is 5.96. The van der Waals surface area contributed by atoms with Gasteiger partial charge in [0.15, 0.2) is 0 Å². The molecule has 0 heterocycles. The topological polar surface area (TPSA) is 21.3 Å². The highest BCUT2D eigenvalue weighted by atomic mass is 35.5. The summed E-state index contributed by atoms with van der Waals surface area (Å²) < 4.78 is 5.62. The van der Waals surface area contributed by atoms with Gasteiger partial charge in [-0.05, 0) is 31.9 Å². The highest BCUT2D eigenvalue weighted by molar-refractivity contribution is 6.17. The fourth-order valence-electron chi connectivity index (χ4n) is 1.41. The Balaban J connectivity index is 2.18. The molecule has 0 aromatic heterocycles. The summed E-state index contributed by atoms with van der Waals surface area (Å²) in [6, 6.07) is 8.34. The summed E-state index contributed by atoms with van der Waals surface area (Å²) in [5.74, 6) is 0.577. The molecule has 96 valence electrons. The van der Waals surface area contributed by atoms with Crippen LogP contribution in [0.5, 0.6) is 0 Å². The van der Waals surface area contributed by atoms with Crippen LogP contribution in [0.1, 0.15) is 31.9 Å². The fraction of sp³-hybridized carbons (Fsp3) is 0.571. The Morgan fingerprint density at radius 3 is 2.24 bits per heavy atom. The van der Waals surface area contributed by atoms with Gasteiger partial charge < -0.3 is 10.1 Å². The van der Waals surface area contributed by atoms with Crippen molar-refractivity contribution in [3.63, 3.8) is 0 Å². The van der Waals surface area contributed by atoms with Crippen molar-refractivity contribution >= 4 is 11.6 Å². The van der Waals surface area contributed by atoms with Gasteiger partial charge in [-0.25, -0.2) is 0 Å². The predicted octanol–water partition coefficient (Wildman–Crippen LogP) is 3.33. The molecule has 17 heavy (non-hydrogen) atoms. The Morgan fingerprint density at radius 2 is 1.71 bits per heavy atom. The van der Waals surface area contributed by atoms with Crippen LogP contribution < -0.4 is 5.32 Å². The first-order valence-electron chi connectivity index (χ1n) is 6.00. The number of alkyl halides is 1. The molecule has 2 nitrogen and oxygen atoms in total. The summed E-state index contributed by atoms with van der Waals surface area (Å²) in [7, 11) is 0. The van der Waals surface area contributed by atoms with Gasteiger partial charge in [-0.1, -0.05) is 24.3 Å². The van der Waals surface area contributed by atoms with E-state index < -0.39 is 0 Å². The maximum absolute atomic E-state index is 5.74. The van der Waals surface area contributed by atoms with E-state index in [1.165, 1.54) is 5.56 Å². The first kappa shape index (κ1) is 14.5. The lowest BCUT2D eigenvalue weighted by molar-refractivity contribution is -0.000885. The SMILES string of the molecule is CC(C)(C)OCCNCc1ccc(CCl)cc1. The van der Waals surface area contributed by atoms with Gasteiger partial charge in [-0.3, -0.25) is 0 Å². The Morgan fingerprint density at radius 1 is 1.12 bits per heavy atom. The molecule has 3 heteroatoms. The van der Waals surface area contributed by atoms with Gasteiger partial charge in [0.1, 0.15) is 0 Å². The number of nitrogens with one attached hydrogen (secondary N) is 1. The second-order valence-corrected chi connectivity index (χ2v) is 5.35. The normalized spacial score (nSPS) is 11.8. The van der Waals surface area contributed by atoms with Gasteiger partial charge in [0.2, 0.25) is 0 Å². The van der Waals surface area contributed by atoms with Crippen molar-refractivity contribution in [2.45, 2.75) is 38.8 Å². The molecule has 0 bridgehead atoms. The molecule has 0 aliphatic carbocycles. The molecule has 0 atom stereocenters. The lowest BCUT2D eigenvalue weighted by Gasteiger charge is -2.19. The number of hydrogen-bond acceptors (Lipinski definition) is 2. The molecule has 0 saturated heterocycles. The minimum absolute atomic E-state index is 0.0519. The first-order chi connectivity index (χ1) is 8.01. The minimum Gasteiger partial charge on any atom is -0.375 e. The fourth-order valence-corrected chi connectivity index (χ4v) is 1.59. The molecule has 0 amide bonds. The molecule has 0 aliphatic rings. The molecule has 0 radical (unpaired) electrons. The third kappa shape index (κ3) is 6.67. The van der Waals surface area contributed by atoms with E-state index in [4.69, 9.17) is 16.3 Å². The van der Waals surface area contributed by atoms with Crippen LogP contribution in [0.4, 0.5) is 0 Å². The maximum Gasteiger partial charge on any atom is 0.0599 e. The largest absolute Gasteiger partial charge is 0.375 e. The zero-order valence-corrected chi connectivity index (χ0v) is 11.7. The maximum atomic E-state index is 5.74. The van der Waals surface area contributed by atoms with E-state index in [-0.39, 0.29) is 5.60 Å². The molecule has 0 aliphatic heterocycles. The molecular formula is C14H22ClNO. The summed E-state index contributed by atoms with van der Waals surface area (Å²) in [5, 5.41) is 3.35. The molecule has 0 unspecified atom stereocenters. The van der Waals surface area contributed by atoms with Crippen LogP contribution in [0.15, 0.2) is 24.3 Å². The van der Waals surface area contributed by atoms with Crippen molar-refractivity contribution in [3.05, 3.63) is 35.4 Å². The Labute approximate surface area is 109 Å². The molecule has 1 rings (SSSR count). The van der Waals surface area contributed by atoms with E-state index in [0.29, 0.717) is 5.88 Å². The molecule has 1 aromatic carbocycles. The van der Waals surface area contributed by atoms with E-state index >= 15 is 0 Å². The first-order valence-corrected chi connectivity index (χ1v) is 6.53. The van der Waals surface area contributed by atoms with Gasteiger partial charge in [-0.2, -0.15) is 0 Å². The zero-order chi connectivity index (χ0) is 12.7. The van der Waals surface area contributed by atoms with Crippen molar-refractivity contribution in [2.24, 2.45) is 0 Å². The van der Waals surface area contributed by atoms with Crippen molar-refractivity contribution in [1.29, 1.82) is 0 Å². The van der Waals surface area contributed by atoms with Crippen LogP contribution in [-0.4, -0.2) is 18.8 Å². The van der Waals surface area contributed by atoms with Gasteiger partial charge in [-0.15, -0.1) is 11.6 Å². The van der Waals surface area contributed by atoms with Gasteiger partial charge in [0, 0.05) is 19.0 Å². The standard InChI is InChI=1S/C14H22ClNO/c1-14(2,3)17-9-8-16-11-13-6-4-12(10-15)5-7-13/h4-7,16H,8-11H2,1-3H3. The van der Waals surface area contributed by atoms with Crippen LogP contribution in [0.25, 0.3) is 0 Å². The van der Waals surface area contributed by atoms with Gasteiger partial charge in [0.25, 0.3) is 0 Å². The van der Waals surface area contributed by atoms with Crippen molar-refractivity contribution < 1.29 is 4.74 Å². The molecule has 0 fully saturated rings. The summed E-state index contributed by atoms with van der Waals surface area (Å²) in [6.07, 6.45) is 0. The van der Waals surface area contributed by atoms with Crippen LogP contribution in [0, 0.1) is 0 Å². The third-order valence-corrected chi connectivity index (χ3v) is 2.63. The Bertz CT molecular complexity index is 316. The third-order valence-electron chi connectivity index (χ3n) is 2.32. The van der Waals surface area contributed by atoms with Crippen LogP contribution in [0.3, 0.4) is 0 Å². The van der Waals surface area contributed by atoms with Gasteiger partial charge in [0.05, 0.1) is 12.2 Å². The minimum atomic E-state index is -0.0519. The smallest absolute Gasteiger partial charge is 0.0599 e. The molecular weight excluding hydrogens is 234 g/mol. The van der Waals surface area contributed by atoms with E-state index in [1.54, 1.807) is 0 Å². The number of rotatable bonds is 6. The summed E-state index contributed by atoms with van der Waals surface area (Å²) in [6.45, 7) is 8.68. The molecule has 1 N–H and O–H groups in total. The van der Waals surface area contributed by atoms with E-state index in [9.17, 15) is 0 Å². The predicted molar refractivity (Wildman–Crippen MR) is 73.4 cm³/mol. The number of benzene rings is 1. The van der Waals surface area contributed by atoms with Crippen molar-refractivity contribution in [1.82, 2.24) is 5.32 Å². The highest BCUT2D eigenvalue weighted by Gasteiger charge is 2.08. The monoisotopic (exact) mass is 255 g/mol. The molecule has 0 saturated carbocycles. The highest BCUT2D eigenvalue weighted by Crippen LogP contribution is 2.07. The number of ether oxygens (including phenoxy) is 1. The second kappa shape index (κ2) is 7.00. The quantitative estimate of drug-likeness (QED) is 0.622. The summed E-state index contributed by atoms with van der Waals surface area (Å²) in [5.41, 5.74) is 2.38. The number of halogens is 1. The van der Waals surface area contributed by atoms with Crippen LogP contribution in [-0.2, 0) is 17.2 Å². The van der Waals surface area contributed by atoms with E-state index in [2.05, 4.69) is 50.4 Å². The lowest BCUT2D eigenvalue weighted by atomic mass is 10.1. The average molecular weight is 256 g/mol. The van der Waals surface area contributed by atoms with Crippen LogP contribution in [0.2, 0.25) is 0 Å². The van der Waals surface area contributed by atoms with Crippen LogP contribution >= 0.6 is 11.6 Å². The lowest BCUT2D eigenvalue weighted by Crippen LogP contribution is -2.26. The molecule has 0 spiro atoms. The van der Waals surface area contributed by atoms with Crippen molar-refractivity contribution in [2.75, 3.05) is 13.2 Å². The van der Waals surface area contributed by atoms with Gasteiger partial charge >= 0.3 is 0 Å². The van der Waals surface area contributed by atoms with Crippen molar-refractivity contribution in [3.8, 4) is 0 Å². The average Bonchev–Trinajstić information content (AvgIpc) is 2.28. The Hall–Kier alpha value is -0.570. The zero-order valence-electron chi connectivity index (χ0n) is 10.9. The number of hydrogen-bond donors (Lipinski definition) is 1. The summed E-state index contributed by atoms with van der Waals surface area (Å²) in [4.78, 5) is 0.